The lowest BCUT2D eigenvalue weighted by molar-refractivity contribution is -0.145. The van der Waals surface area contributed by atoms with Crippen molar-refractivity contribution in [2.24, 2.45) is 11.0 Å². The van der Waals surface area contributed by atoms with Gasteiger partial charge in [0.2, 0.25) is 5.91 Å². The molecule has 7 nitrogen and oxygen atoms in total. The molecule has 1 aromatic rings. The highest BCUT2D eigenvalue weighted by Crippen LogP contribution is 2.10. The first-order valence-electron chi connectivity index (χ1n) is 8.30. The zero-order valence-electron chi connectivity index (χ0n) is 15.1. The molecule has 25 heavy (non-hydrogen) atoms. The van der Waals surface area contributed by atoms with Gasteiger partial charge in [0, 0.05) is 23.4 Å². The molecule has 0 saturated heterocycles. The van der Waals surface area contributed by atoms with Gasteiger partial charge in [0.05, 0.1) is 12.5 Å². The molecule has 2 N–H and O–H groups in total. The summed E-state index contributed by atoms with van der Waals surface area (Å²) in [7, 11) is 0. The molecule has 1 aromatic carbocycles. The van der Waals surface area contributed by atoms with Crippen LogP contribution in [0.3, 0.4) is 0 Å². The number of rotatable bonds is 8. The molecular formula is C18H25N3O4. The van der Waals surface area contributed by atoms with Gasteiger partial charge in [-0.2, -0.15) is 5.10 Å². The van der Waals surface area contributed by atoms with Crippen LogP contribution in [0.4, 0.5) is 5.69 Å². The number of hydrogen-bond donors (Lipinski definition) is 2. The van der Waals surface area contributed by atoms with Gasteiger partial charge >= 0.3 is 5.97 Å². The summed E-state index contributed by atoms with van der Waals surface area (Å²) in [4.78, 5) is 35.2. The van der Waals surface area contributed by atoms with E-state index in [1.54, 1.807) is 45.0 Å². The zero-order chi connectivity index (χ0) is 18.8. The van der Waals surface area contributed by atoms with Gasteiger partial charge < -0.3 is 10.1 Å². The van der Waals surface area contributed by atoms with Gasteiger partial charge in [-0.1, -0.05) is 6.92 Å². The Kier molecular flexibility index (Phi) is 8.32. The number of anilines is 1. The van der Waals surface area contributed by atoms with Gasteiger partial charge in [-0.3, -0.25) is 14.4 Å². The second kappa shape index (κ2) is 10.2. The van der Waals surface area contributed by atoms with Crippen LogP contribution in [0.1, 0.15) is 50.9 Å². The van der Waals surface area contributed by atoms with Gasteiger partial charge in [0.1, 0.15) is 0 Å². The molecule has 0 aromatic heterocycles. The summed E-state index contributed by atoms with van der Waals surface area (Å²) in [6.07, 6.45) is 1.22. The van der Waals surface area contributed by atoms with Crippen molar-refractivity contribution in [3.63, 3.8) is 0 Å². The van der Waals surface area contributed by atoms with Gasteiger partial charge in [-0.05, 0) is 51.5 Å². The van der Waals surface area contributed by atoms with Crippen LogP contribution in [0.5, 0.6) is 0 Å². The first-order chi connectivity index (χ1) is 11.9. The molecule has 2 amide bonds. The zero-order valence-corrected chi connectivity index (χ0v) is 15.1. The maximum Gasteiger partial charge on any atom is 0.314 e. The van der Waals surface area contributed by atoms with Crippen LogP contribution in [0.15, 0.2) is 29.4 Å². The summed E-state index contributed by atoms with van der Waals surface area (Å²) in [5, 5.41) is 6.69. The number of carbonyl (C=O) groups is 3. The second-order valence-corrected chi connectivity index (χ2v) is 5.54. The molecule has 0 fully saturated rings. The van der Waals surface area contributed by atoms with E-state index in [1.165, 1.54) is 0 Å². The summed E-state index contributed by atoms with van der Waals surface area (Å²) < 4.78 is 4.91. The van der Waals surface area contributed by atoms with E-state index < -0.39 is 11.8 Å². The maximum absolute atomic E-state index is 12.1. The summed E-state index contributed by atoms with van der Waals surface area (Å²) in [6, 6.07) is 6.49. The Bertz CT molecular complexity index is 638. The van der Waals surface area contributed by atoms with Crippen molar-refractivity contribution in [2.45, 2.75) is 40.5 Å². The van der Waals surface area contributed by atoms with Crippen LogP contribution in [0.25, 0.3) is 0 Å². The van der Waals surface area contributed by atoms with E-state index in [4.69, 9.17) is 4.74 Å². The number of esters is 1. The topological polar surface area (TPSA) is 96.9 Å². The van der Waals surface area contributed by atoms with E-state index in [-0.39, 0.29) is 11.9 Å². The third-order valence-corrected chi connectivity index (χ3v) is 3.51. The predicted octanol–water partition coefficient (Wildman–Crippen LogP) is 2.73. The molecule has 7 heteroatoms. The largest absolute Gasteiger partial charge is 0.465 e. The van der Waals surface area contributed by atoms with Crippen molar-refractivity contribution in [3.05, 3.63) is 29.8 Å². The normalized spacial score (nSPS) is 12.2. The Morgan fingerprint density at radius 2 is 1.80 bits per heavy atom. The molecule has 0 radical (unpaired) electrons. The van der Waals surface area contributed by atoms with Gasteiger partial charge in [0.25, 0.3) is 5.91 Å². The molecular weight excluding hydrogens is 322 g/mol. The highest BCUT2D eigenvalue weighted by molar-refractivity contribution is 6.02. The van der Waals surface area contributed by atoms with E-state index in [1.807, 2.05) is 6.92 Å². The van der Waals surface area contributed by atoms with Crippen molar-refractivity contribution in [1.29, 1.82) is 0 Å². The van der Waals surface area contributed by atoms with E-state index in [0.29, 0.717) is 30.0 Å². The fraction of sp³-hybridized carbons (Fsp3) is 0.444. The van der Waals surface area contributed by atoms with Crippen LogP contribution in [-0.2, 0) is 14.3 Å². The maximum atomic E-state index is 12.1. The van der Waals surface area contributed by atoms with Crippen LogP contribution in [-0.4, -0.2) is 30.1 Å². The van der Waals surface area contributed by atoms with E-state index in [2.05, 4.69) is 15.8 Å². The van der Waals surface area contributed by atoms with Crippen LogP contribution in [0, 0.1) is 5.92 Å². The molecule has 1 unspecified atom stereocenters. The summed E-state index contributed by atoms with van der Waals surface area (Å²) in [5.41, 5.74) is 3.89. The summed E-state index contributed by atoms with van der Waals surface area (Å²) in [5.74, 6) is -1.38. The Morgan fingerprint density at radius 1 is 1.16 bits per heavy atom. The first kappa shape index (κ1) is 20.3. The molecule has 0 spiro atoms. The average molecular weight is 347 g/mol. The molecule has 0 aliphatic heterocycles. The third-order valence-electron chi connectivity index (χ3n) is 3.51. The van der Waals surface area contributed by atoms with Gasteiger partial charge in [0.15, 0.2) is 0 Å². The molecule has 0 aliphatic rings. The molecule has 0 saturated carbocycles. The number of hydrogen-bond acceptors (Lipinski definition) is 5. The third kappa shape index (κ3) is 6.74. The fourth-order valence-electron chi connectivity index (χ4n) is 1.89. The van der Waals surface area contributed by atoms with Crippen LogP contribution < -0.4 is 10.7 Å². The minimum atomic E-state index is -0.531. The number of ether oxygens (including phenoxy) is 1. The van der Waals surface area contributed by atoms with Gasteiger partial charge in [-0.15, -0.1) is 0 Å². The van der Waals surface area contributed by atoms with E-state index in [9.17, 15) is 14.4 Å². The molecule has 1 rings (SSSR count). The van der Waals surface area contributed by atoms with Crippen molar-refractivity contribution in [1.82, 2.24) is 5.43 Å². The molecule has 0 aliphatic carbocycles. The Hall–Kier alpha value is -2.70. The van der Waals surface area contributed by atoms with Crippen molar-refractivity contribution in [2.75, 3.05) is 11.9 Å². The van der Waals surface area contributed by atoms with Crippen molar-refractivity contribution < 1.29 is 19.1 Å². The van der Waals surface area contributed by atoms with E-state index >= 15 is 0 Å². The smallest absolute Gasteiger partial charge is 0.314 e. The minimum Gasteiger partial charge on any atom is -0.465 e. The quantitative estimate of drug-likeness (QED) is 0.429. The number of hydrazone groups is 1. The monoisotopic (exact) mass is 347 g/mol. The highest BCUT2D eigenvalue weighted by Gasteiger charge is 2.17. The lowest BCUT2D eigenvalue weighted by Crippen LogP contribution is -2.25. The predicted molar refractivity (Wildman–Crippen MR) is 96.4 cm³/mol. The van der Waals surface area contributed by atoms with Crippen molar-refractivity contribution in [3.8, 4) is 0 Å². The van der Waals surface area contributed by atoms with Crippen molar-refractivity contribution >= 4 is 29.2 Å². The lowest BCUT2D eigenvalue weighted by Gasteiger charge is -2.10. The molecule has 0 bridgehead atoms. The Balaban J connectivity index is 2.64. The summed E-state index contributed by atoms with van der Waals surface area (Å²) in [6.45, 7) is 7.26. The SMILES string of the molecule is CCCC(=O)Nc1ccc(C(=O)N/N=C(\C)C(C)C(=O)OCC)cc1. The number of amides is 2. The lowest BCUT2D eigenvalue weighted by atomic mass is 10.1. The highest BCUT2D eigenvalue weighted by atomic mass is 16.5. The van der Waals surface area contributed by atoms with E-state index in [0.717, 1.165) is 6.42 Å². The summed E-state index contributed by atoms with van der Waals surface area (Å²) >= 11 is 0. The first-order valence-corrected chi connectivity index (χ1v) is 8.30. The molecule has 0 heterocycles. The number of nitrogens with zero attached hydrogens (tertiary/aromatic N) is 1. The average Bonchev–Trinajstić information content (AvgIpc) is 2.59. The fourth-order valence-corrected chi connectivity index (χ4v) is 1.89. The number of carbonyl (C=O) groups excluding carboxylic acids is 3. The van der Waals surface area contributed by atoms with Crippen LogP contribution >= 0.6 is 0 Å². The molecule has 1 atom stereocenters. The second-order valence-electron chi connectivity index (χ2n) is 5.54. The number of nitrogens with one attached hydrogen (secondary N) is 2. The number of benzene rings is 1. The standard InChI is InChI=1S/C18H25N3O4/c1-5-7-16(22)19-15-10-8-14(9-11-15)17(23)21-20-13(4)12(3)18(24)25-6-2/h8-12H,5-7H2,1-4H3,(H,19,22)(H,21,23)/b20-13+. The Labute approximate surface area is 147 Å². The van der Waals surface area contributed by atoms with Gasteiger partial charge in [-0.25, -0.2) is 5.43 Å². The Morgan fingerprint density at radius 3 is 2.36 bits per heavy atom. The van der Waals surface area contributed by atoms with Crippen LogP contribution in [0.2, 0.25) is 0 Å². The minimum absolute atomic E-state index is 0.0621. The molecule has 136 valence electrons.